The van der Waals surface area contributed by atoms with Crippen LogP contribution in [0, 0.1) is 18.3 Å². The summed E-state index contributed by atoms with van der Waals surface area (Å²) in [6.07, 6.45) is 2.93. The number of hydrogen-bond acceptors (Lipinski definition) is 3. The second-order valence-electron chi connectivity index (χ2n) is 8.30. The molecule has 6 rings (SSSR count). The highest BCUT2D eigenvalue weighted by Gasteiger charge is 2.25. The maximum absolute atomic E-state index is 9.94. The van der Waals surface area contributed by atoms with Crippen LogP contribution in [0.25, 0.3) is 44.3 Å². The number of furan rings is 1. The van der Waals surface area contributed by atoms with Gasteiger partial charge in [-0.05, 0) is 36.2 Å². The zero-order chi connectivity index (χ0) is 21.8. The van der Waals surface area contributed by atoms with Gasteiger partial charge in [-0.15, -0.1) is 0 Å². The van der Waals surface area contributed by atoms with Crippen LogP contribution in [0.3, 0.4) is 0 Å². The molecule has 1 aliphatic rings. The quantitative estimate of drug-likeness (QED) is 0.338. The third kappa shape index (κ3) is 2.58. The molecule has 0 amide bonds. The van der Waals surface area contributed by atoms with Crippen molar-refractivity contribution in [1.82, 2.24) is 0 Å². The van der Waals surface area contributed by atoms with E-state index < -0.39 is 0 Å². The Morgan fingerprint density at radius 1 is 0.906 bits per heavy atom. The van der Waals surface area contributed by atoms with Gasteiger partial charge in [0.05, 0.1) is 23.8 Å². The van der Waals surface area contributed by atoms with Crippen LogP contribution in [-0.4, -0.2) is 6.61 Å². The van der Waals surface area contributed by atoms with Crippen LogP contribution in [0.15, 0.2) is 71.3 Å². The average Bonchev–Trinajstić information content (AvgIpc) is 3.43. The van der Waals surface area contributed by atoms with Crippen molar-refractivity contribution in [1.29, 1.82) is 5.26 Å². The van der Waals surface area contributed by atoms with E-state index in [1.54, 1.807) is 0 Å². The van der Waals surface area contributed by atoms with Crippen LogP contribution < -0.4 is 9.30 Å². The molecule has 0 saturated heterocycles. The van der Waals surface area contributed by atoms with Gasteiger partial charge in [-0.1, -0.05) is 30.3 Å². The Hall–Kier alpha value is -4.10. The lowest BCUT2D eigenvalue weighted by atomic mass is 9.94. The van der Waals surface area contributed by atoms with Crippen LogP contribution in [0.5, 0.6) is 5.75 Å². The van der Waals surface area contributed by atoms with Crippen molar-refractivity contribution in [3.8, 4) is 34.2 Å². The third-order valence-electron chi connectivity index (χ3n) is 6.43. The molecule has 3 aromatic carbocycles. The van der Waals surface area contributed by atoms with Gasteiger partial charge >= 0.3 is 0 Å². The van der Waals surface area contributed by atoms with E-state index in [9.17, 15) is 5.26 Å². The van der Waals surface area contributed by atoms with Gasteiger partial charge in [-0.2, -0.15) is 5.26 Å². The third-order valence-corrected chi connectivity index (χ3v) is 6.43. The van der Waals surface area contributed by atoms with E-state index in [2.05, 4.69) is 41.8 Å². The van der Waals surface area contributed by atoms with Gasteiger partial charge in [0.2, 0.25) is 5.69 Å². The monoisotopic (exact) mass is 417 g/mol. The standard InChI is InChI=1S/C28H21N2O2/c1-17-9-11-20-21-12-10-19(16-29)25(22-7-5-6-18-13-15-31-26(18)22)28(21)32-27(20)24(17)23-8-3-4-14-30(23)2/h3-12,14H,13,15H2,1-2H3/q+1. The minimum absolute atomic E-state index is 0.587. The molecule has 5 aromatic rings. The molecular weight excluding hydrogens is 396 g/mol. The summed E-state index contributed by atoms with van der Waals surface area (Å²) >= 11 is 0. The number of pyridine rings is 1. The van der Waals surface area contributed by atoms with Gasteiger partial charge in [-0.25, -0.2) is 4.57 Å². The predicted molar refractivity (Wildman–Crippen MR) is 124 cm³/mol. The smallest absolute Gasteiger partial charge is 0.216 e. The number of ether oxygens (including phenoxy) is 1. The SMILES string of the molecule is Cc1ccc2c(oc3c(-c4cccc5c4OCC5)c(C#N)ccc32)c1-c1cccc[n+]1C. The first-order valence-corrected chi connectivity index (χ1v) is 10.8. The largest absolute Gasteiger partial charge is 0.492 e. The molecule has 0 bridgehead atoms. The molecule has 4 nitrogen and oxygen atoms in total. The van der Waals surface area contributed by atoms with E-state index in [0.717, 1.165) is 62.1 Å². The van der Waals surface area contributed by atoms with Crippen LogP contribution in [0.4, 0.5) is 0 Å². The molecule has 2 aromatic heterocycles. The van der Waals surface area contributed by atoms with Crippen molar-refractivity contribution in [2.45, 2.75) is 13.3 Å². The first-order chi connectivity index (χ1) is 15.7. The van der Waals surface area contributed by atoms with Crippen molar-refractivity contribution in [2.75, 3.05) is 6.61 Å². The first-order valence-electron chi connectivity index (χ1n) is 10.8. The Kier molecular flexibility index (Phi) is 4.06. The molecule has 0 unspecified atom stereocenters. The fourth-order valence-electron chi connectivity index (χ4n) is 4.88. The fraction of sp³-hybridized carbons (Fsp3) is 0.143. The van der Waals surface area contributed by atoms with Crippen molar-refractivity contribution in [3.63, 3.8) is 0 Å². The summed E-state index contributed by atoms with van der Waals surface area (Å²) in [7, 11) is 2.04. The lowest BCUT2D eigenvalue weighted by molar-refractivity contribution is -0.660. The topological polar surface area (TPSA) is 50.0 Å². The number of aryl methyl sites for hydroxylation is 2. The molecule has 0 N–H and O–H groups in total. The van der Waals surface area contributed by atoms with Crippen molar-refractivity contribution in [2.24, 2.45) is 7.05 Å². The van der Waals surface area contributed by atoms with Gasteiger partial charge in [0.15, 0.2) is 6.20 Å². The van der Waals surface area contributed by atoms with Gasteiger partial charge in [0, 0.05) is 40.5 Å². The van der Waals surface area contributed by atoms with Gasteiger partial charge in [0.1, 0.15) is 24.0 Å². The Bertz CT molecular complexity index is 1590. The van der Waals surface area contributed by atoms with E-state index in [1.807, 2.05) is 49.6 Å². The van der Waals surface area contributed by atoms with Crippen LogP contribution in [0.1, 0.15) is 16.7 Å². The Morgan fingerprint density at radius 2 is 1.72 bits per heavy atom. The average molecular weight is 417 g/mol. The number of fused-ring (bicyclic) bond motifs is 4. The summed E-state index contributed by atoms with van der Waals surface area (Å²) in [4.78, 5) is 0. The molecular formula is C28H21N2O2+. The summed E-state index contributed by atoms with van der Waals surface area (Å²) in [5, 5.41) is 12.0. The van der Waals surface area contributed by atoms with Crippen molar-refractivity contribution < 1.29 is 13.7 Å². The molecule has 0 spiro atoms. The van der Waals surface area contributed by atoms with Crippen molar-refractivity contribution in [3.05, 3.63) is 83.6 Å². The van der Waals surface area contributed by atoms with Gasteiger partial charge in [-0.3, -0.25) is 0 Å². The lowest BCUT2D eigenvalue weighted by Crippen LogP contribution is -2.30. The van der Waals surface area contributed by atoms with Gasteiger partial charge < -0.3 is 9.15 Å². The molecule has 0 radical (unpaired) electrons. The highest BCUT2D eigenvalue weighted by molar-refractivity contribution is 6.14. The molecule has 1 aliphatic heterocycles. The zero-order valence-electron chi connectivity index (χ0n) is 18.0. The second-order valence-corrected chi connectivity index (χ2v) is 8.30. The second kappa shape index (κ2) is 6.96. The molecule has 0 atom stereocenters. The van der Waals surface area contributed by atoms with E-state index in [1.165, 1.54) is 5.56 Å². The number of nitrogens with zero attached hydrogens (tertiary/aromatic N) is 2. The highest BCUT2D eigenvalue weighted by atomic mass is 16.5. The number of benzene rings is 3. The highest BCUT2D eigenvalue weighted by Crippen LogP contribution is 2.45. The molecule has 32 heavy (non-hydrogen) atoms. The Balaban J connectivity index is 1.75. The molecule has 0 saturated carbocycles. The van der Waals surface area contributed by atoms with E-state index in [-0.39, 0.29) is 0 Å². The maximum Gasteiger partial charge on any atom is 0.216 e. The predicted octanol–water partition coefficient (Wildman–Crippen LogP) is 5.86. The van der Waals surface area contributed by atoms with E-state index >= 15 is 0 Å². The molecule has 3 heterocycles. The Labute approximate surface area is 185 Å². The van der Waals surface area contributed by atoms with E-state index in [0.29, 0.717) is 12.2 Å². The normalized spacial score (nSPS) is 12.7. The first kappa shape index (κ1) is 18.7. The fourth-order valence-corrected chi connectivity index (χ4v) is 4.88. The summed E-state index contributed by atoms with van der Waals surface area (Å²) in [6, 6.07) is 22.8. The zero-order valence-corrected chi connectivity index (χ0v) is 18.0. The number of rotatable bonds is 2. The molecule has 154 valence electrons. The Morgan fingerprint density at radius 3 is 2.53 bits per heavy atom. The summed E-state index contributed by atoms with van der Waals surface area (Å²) in [6.45, 7) is 2.77. The minimum atomic E-state index is 0.587. The van der Waals surface area contributed by atoms with E-state index in [4.69, 9.17) is 9.15 Å². The number of aromatic nitrogens is 1. The van der Waals surface area contributed by atoms with Crippen molar-refractivity contribution >= 4 is 21.9 Å². The number of nitriles is 1. The lowest BCUT2D eigenvalue weighted by Gasteiger charge is -2.10. The minimum Gasteiger partial charge on any atom is -0.492 e. The summed E-state index contributed by atoms with van der Waals surface area (Å²) in [5.41, 5.74) is 8.35. The molecule has 4 heteroatoms. The number of para-hydroxylation sites is 1. The summed E-state index contributed by atoms with van der Waals surface area (Å²) < 4.78 is 14.7. The maximum atomic E-state index is 9.94. The van der Waals surface area contributed by atoms with Crippen LogP contribution >= 0.6 is 0 Å². The van der Waals surface area contributed by atoms with Crippen LogP contribution in [-0.2, 0) is 13.5 Å². The summed E-state index contributed by atoms with van der Waals surface area (Å²) in [5.74, 6) is 0.864. The molecule has 0 fully saturated rings. The van der Waals surface area contributed by atoms with Gasteiger partial charge in [0.25, 0.3) is 0 Å². The number of hydrogen-bond donors (Lipinski definition) is 0. The molecule has 0 aliphatic carbocycles. The van der Waals surface area contributed by atoms with Crippen LogP contribution in [0.2, 0.25) is 0 Å².